The third-order valence-electron chi connectivity index (χ3n) is 6.26. The van der Waals surface area contributed by atoms with Gasteiger partial charge in [0.25, 0.3) is 0 Å². The highest BCUT2D eigenvalue weighted by Crippen LogP contribution is 2.38. The molecule has 1 saturated heterocycles. The number of carbonyl (C=O) groups is 3. The molecule has 2 aliphatic rings. The highest BCUT2D eigenvalue weighted by atomic mass is 35.5. The molecule has 1 saturated carbocycles. The van der Waals surface area contributed by atoms with E-state index in [1.807, 2.05) is 6.07 Å². The second-order valence-corrected chi connectivity index (χ2v) is 8.61. The summed E-state index contributed by atoms with van der Waals surface area (Å²) in [5.74, 6) is -1.19. The Morgan fingerprint density at radius 2 is 1.73 bits per heavy atom. The van der Waals surface area contributed by atoms with E-state index in [1.165, 1.54) is 4.90 Å². The van der Waals surface area contributed by atoms with Crippen molar-refractivity contribution in [3.63, 3.8) is 0 Å². The molecule has 1 aliphatic heterocycles. The van der Waals surface area contributed by atoms with E-state index in [4.69, 9.17) is 21.1 Å². The van der Waals surface area contributed by atoms with Crippen LogP contribution in [0.25, 0.3) is 0 Å². The zero-order valence-electron chi connectivity index (χ0n) is 18.4. The van der Waals surface area contributed by atoms with Crippen LogP contribution in [0, 0.1) is 5.92 Å². The van der Waals surface area contributed by atoms with Crippen LogP contribution in [0.3, 0.4) is 0 Å². The lowest BCUT2D eigenvalue weighted by Crippen LogP contribution is -2.66. The summed E-state index contributed by atoms with van der Waals surface area (Å²) in [6, 6.07) is 14.5. The minimum atomic E-state index is -0.528. The van der Waals surface area contributed by atoms with E-state index in [2.05, 4.69) is 5.32 Å². The normalized spacial score (nSPS) is 25.1. The van der Waals surface area contributed by atoms with Gasteiger partial charge in [0, 0.05) is 31.0 Å². The third-order valence-corrected chi connectivity index (χ3v) is 6.49. The molecule has 1 N–H and O–H groups in total. The molecular weight excluding hydrogens is 446 g/mol. The molecule has 2 aromatic rings. The topological polar surface area (TPSA) is 88.2 Å². The van der Waals surface area contributed by atoms with E-state index in [1.54, 1.807) is 62.8 Å². The summed E-state index contributed by atoms with van der Waals surface area (Å²) < 4.78 is 11.2. The maximum absolute atomic E-state index is 13.5. The van der Waals surface area contributed by atoms with Gasteiger partial charge in [0.15, 0.2) is 0 Å². The van der Waals surface area contributed by atoms with Gasteiger partial charge in [0.2, 0.25) is 11.8 Å². The summed E-state index contributed by atoms with van der Waals surface area (Å²) in [5, 5.41) is 3.27. The van der Waals surface area contributed by atoms with Gasteiger partial charge in [-0.2, -0.15) is 0 Å². The highest BCUT2D eigenvalue weighted by Gasteiger charge is 2.52. The van der Waals surface area contributed by atoms with E-state index in [0.717, 1.165) is 4.90 Å². The molecule has 1 aliphatic carbocycles. The predicted molar refractivity (Wildman–Crippen MR) is 124 cm³/mol. The lowest BCUT2D eigenvalue weighted by Gasteiger charge is -2.49. The molecule has 4 atom stereocenters. The number of hydrogen-bond donors (Lipinski definition) is 1. The van der Waals surface area contributed by atoms with Crippen molar-refractivity contribution in [2.24, 2.45) is 5.92 Å². The molecule has 4 rings (SSSR count). The Bertz CT molecular complexity index is 1030. The van der Waals surface area contributed by atoms with Crippen LogP contribution in [0.4, 0.5) is 16.2 Å². The third kappa shape index (κ3) is 4.73. The fourth-order valence-electron chi connectivity index (χ4n) is 4.67. The van der Waals surface area contributed by atoms with Crippen molar-refractivity contribution in [2.45, 2.75) is 31.1 Å². The average molecular weight is 472 g/mol. The van der Waals surface area contributed by atoms with Gasteiger partial charge in [-0.15, -0.1) is 0 Å². The SMILES string of the molecule is COC1CC2C(=O)N(c3ccccc3)C(=O)N(CC(=O)Nc3cccc(Cl)c3)C2CC1OC. The second kappa shape index (κ2) is 9.91. The number of para-hydroxylation sites is 1. The van der Waals surface area contributed by atoms with E-state index in [-0.39, 0.29) is 30.6 Å². The van der Waals surface area contributed by atoms with Crippen LogP contribution < -0.4 is 10.2 Å². The molecule has 8 nitrogen and oxygen atoms in total. The lowest BCUT2D eigenvalue weighted by atomic mass is 9.78. The molecule has 2 fully saturated rings. The summed E-state index contributed by atoms with van der Waals surface area (Å²) in [7, 11) is 3.16. The fourth-order valence-corrected chi connectivity index (χ4v) is 4.86. The average Bonchev–Trinajstić information content (AvgIpc) is 2.81. The van der Waals surface area contributed by atoms with Crippen LogP contribution in [0.1, 0.15) is 12.8 Å². The number of fused-ring (bicyclic) bond motifs is 1. The van der Waals surface area contributed by atoms with Crippen molar-refractivity contribution in [1.29, 1.82) is 0 Å². The molecule has 0 spiro atoms. The molecule has 4 unspecified atom stereocenters. The maximum atomic E-state index is 13.5. The number of carbonyl (C=O) groups excluding carboxylic acids is 3. The molecule has 1 heterocycles. The number of methoxy groups -OCH3 is 2. The van der Waals surface area contributed by atoms with E-state index < -0.39 is 18.0 Å². The van der Waals surface area contributed by atoms with Gasteiger partial charge < -0.3 is 19.7 Å². The molecule has 174 valence electrons. The smallest absolute Gasteiger partial charge is 0.332 e. The Morgan fingerprint density at radius 3 is 2.39 bits per heavy atom. The van der Waals surface area contributed by atoms with Gasteiger partial charge in [-0.3, -0.25) is 9.59 Å². The molecule has 0 aromatic heterocycles. The maximum Gasteiger partial charge on any atom is 0.332 e. The number of amides is 4. The first-order valence-corrected chi connectivity index (χ1v) is 11.1. The monoisotopic (exact) mass is 471 g/mol. The Hall–Kier alpha value is -2.94. The second-order valence-electron chi connectivity index (χ2n) is 8.17. The van der Waals surface area contributed by atoms with Crippen molar-refractivity contribution in [2.75, 3.05) is 31.0 Å². The largest absolute Gasteiger partial charge is 0.379 e. The number of halogens is 1. The number of imide groups is 1. The van der Waals surface area contributed by atoms with Gasteiger partial charge in [-0.1, -0.05) is 35.9 Å². The van der Waals surface area contributed by atoms with E-state index in [0.29, 0.717) is 29.2 Å². The Kier molecular flexibility index (Phi) is 6.97. The van der Waals surface area contributed by atoms with Gasteiger partial charge in [-0.05, 0) is 43.2 Å². The van der Waals surface area contributed by atoms with Gasteiger partial charge in [0.1, 0.15) is 6.54 Å². The van der Waals surface area contributed by atoms with Crippen molar-refractivity contribution in [1.82, 2.24) is 4.90 Å². The number of rotatable bonds is 6. The number of nitrogens with one attached hydrogen (secondary N) is 1. The number of ether oxygens (including phenoxy) is 2. The predicted octanol–water partition coefficient (Wildman–Crippen LogP) is 3.56. The van der Waals surface area contributed by atoms with Crippen molar-refractivity contribution < 1.29 is 23.9 Å². The van der Waals surface area contributed by atoms with Crippen LogP contribution in [-0.2, 0) is 19.1 Å². The molecule has 2 aromatic carbocycles. The van der Waals surface area contributed by atoms with E-state index in [9.17, 15) is 14.4 Å². The quantitative estimate of drug-likeness (QED) is 0.696. The fraction of sp³-hybridized carbons (Fsp3) is 0.375. The van der Waals surface area contributed by atoms with Gasteiger partial charge >= 0.3 is 6.03 Å². The van der Waals surface area contributed by atoms with Crippen LogP contribution >= 0.6 is 11.6 Å². The zero-order chi connectivity index (χ0) is 23.5. The highest BCUT2D eigenvalue weighted by molar-refractivity contribution is 6.30. The van der Waals surface area contributed by atoms with Crippen molar-refractivity contribution in [3.8, 4) is 0 Å². The van der Waals surface area contributed by atoms with E-state index >= 15 is 0 Å². The number of hydrogen-bond acceptors (Lipinski definition) is 5. The first-order chi connectivity index (χ1) is 15.9. The molecular formula is C24H26ClN3O5. The number of urea groups is 1. The molecule has 0 bridgehead atoms. The summed E-state index contributed by atoms with van der Waals surface area (Å²) in [4.78, 5) is 42.5. The summed E-state index contributed by atoms with van der Waals surface area (Å²) >= 11 is 6.01. The summed E-state index contributed by atoms with van der Waals surface area (Å²) in [6.45, 7) is -0.211. The van der Waals surface area contributed by atoms with Gasteiger partial charge in [0.05, 0.1) is 23.8 Å². The zero-order valence-corrected chi connectivity index (χ0v) is 19.2. The first kappa shape index (κ1) is 23.2. The lowest BCUT2D eigenvalue weighted by molar-refractivity contribution is -0.139. The van der Waals surface area contributed by atoms with Crippen LogP contribution in [0.5, 0.6) is 0 Å². The van der Waals surface area contributed by atoms with Crippen LogP contribution in [0.2, 0.25) is 5.02 Å². The molecule has 9 heteroatoms. The standard InChI is InChI=1S/C24H26ClN3O5/c1-32-20-12-18-19(13-21(20)33-2)27(14-22(29)26-16-8-6-7-15(25)11-16)24(31)28(23(18)30)17-9-4-3-5-10-17/h3-11,18-21H,12-14H2,1-2H3,(H,26,29). The number of anilines is 2. The minimum absolute atomic E-state index is 0.211. The minimum Gasteiger partial charge on any atom is -0.379 e. The molecule has 0 radical (unpaired) electrons. The Labute approximate surface area is 197 Å². The van der Waals surface area contributed by atoms with Crippen LogP contribution in [0.15, 0.2) is 54.6 Å². The summed E-state index contributed by atoms with van der Waals surface area (Å²) in [6.07, 6.45) is 0.206. The molecule has 4 amide bonds. The number of nitrogens with zero attached hydrogens (tertiary/aromatic N) is 2. The van der Waals surface area contributed by atoms with Gasteiger partial charge in [-0.25, -0.2) is 9.69 Å². The Balaban J connectivity index is 1.64. The molecule has 33 heavy (non-hydrogen) atoms. The summed E-state index contributed by atoms with van der Waals surface area (Å²) in [5.41, 5.74) is 0.997. The first-order valence-electron chi connectivity index (χ1n) is 10.7. The number of benzene rings is 2. The van der Waals surface area contributed by atoms with Crippen LogP contribution in [-0.4, -0.2) is 61.8 Å². The van der Waals surface area contributed by atoms with Crippen molar-refractivity contribution in [3.05, 3.63) is 59.6 Å². The van der Waals surface area contributed by atoms with Crippen molar-refractivity contribution >= 4 is 40.8 Å². The Morgan fingerprint density at radius 1 is 1.03 bits per heavy atom.